The molecule has 2 heterocycles. The summed E-state index contributed by atoms with van der Waals surface area (Å²) in [7, 11) is 0. The van der Waals surface area contributed by atoms with Crippen LogP contribution in [0.25, 0.3) is 6.08 Å². The topological polar surface area (TPSA) is 49.4 Å². The van der Waals surface area contributed by atoms with Crippen LogP contribution in [-0.4, -0.2) is 16.9 Å². The molecule has 1 saturated heterocycles. The summed E-state index contributed by atoms with van der Waals surface area (Å²) < 4.78 is 0. The molecule has 2 aromatic carbocycles. The number of rotatable bonds is 2. The molecule has 0 bridgehead atoms. The fourth-order valence-electron chi connectivity index (χ4n) is 3.81. The number of carbonyl (C=O) groups is 2. The number of hydrogen-bond acceptors (Lipinski definition) is 4. The van der Waals surface area contributed by atoms with Crippen molar-refractivity contribution in [3.8, 4) is 0 Å². The molecule has 2 aromatic rings. The molecule has 2 atom stereocenters. The lowest BCUT2D eigenvalue weighted by Gasteiger charge is -2.29. The second-order valence-corrected chi connectivity index (χ2v) is 9.15. The van der Waals surface area contributed by atoms with Gasteiger partial charge in [0.2, 0.25) is 0 Å². The molecule has 0 spiro atoms. The second-order valence-electron chi connectivity index (χ2n) is 7.11. The number of hydrogen-bond donors (Lipinski definition) is 1. The highest BCUT2D eigenvalue weighted by molar-refractivity contribution is 8.03. The third-order valence-electron chi connectivity index (χ3n) is 5.24. The number of nitrogens with one attached hydrogen (secondary N) is 1. The summed E-state index contributed by atoms with van der Waals surface area (Å²) in [6, 6.07) is 15.0. The normalized spacial score (nSPS) is 23.9. The number of anilines is 1. The fourth-order valence-corrected chi connectivity index (χ4v) is 5.60. The highest BCUT2D eigenvalue weighted by atomic mass is 35.5. The number of carbonyl (C=O) groups excluding carboxylic acids is 2. The van der Waals surface area contributed by atoms with Crippen molar-refractivity contribution in [2.75, 3.05) is 4.90 Å². The van der Waals surface area contributed by atoms with Crippen LogP contribution in [0.5, 0.6) is 0 Å². The molecule has 2 amide bonds. The standard InChI is InChI=1S/C23H15ClN2O2S2/c24-15-7-9-16(10-8-15)26-22(28)19(21(27)25-23(26)29)12-17-11-14-6-5-13-3-1-2-4-18(13)20(14)30-17/h1-12,14,20H,(H,25,27,29)/b19-12+. The number of fused-ring (bicyclic) bond motifs is 3. The van der Waals surface area contributed by atoms with Crippen LogP contribution in [0.4, 0.5) is 5.69 Å². The monoisotopic (exact) mass is 450 g/mol. The minimum absolute atomic E-state index is 0.0584. The van der Waals surface area contributed by atoms with Gasteiger partial charge in [0.25, 0.3) is 11.8 Å². The van der Waals surface area contributed by atoms with Crippen LogP contribution in [0.15, 0.2) is 77.2 Å². The van der Waals surface area contributed by atoms with Gasteiger partial charge in [-0.15, -0.1) is 11.8 Å². The molecular weight excluding hydrogens is 436 g/mol. The van der Waals surface area contributed by atoms with Gasteiger partial charge in [0.1, 0.15) is 5.57 Å². The Bertz CT molecular complexity index is 1180. The Labute approximate surface area is 188 Å². The molecule has 3 aliphatic rings. The first-order valence-electron chi connectivity index (χ1n) is 9.34. The van der Waals surface area contributed by atoms with Crippen LogP contribution < -0.4 is 10.2 Å². The number of benzene rings is 2. The number of thioether (sulfide) groups is 1. The van der Waals surface area contributed by atoms with E-state index in [1.807, 2.05) is 12.1 Å². The van der Waals surface area contributed by atoms with E-state index in [0.29, 0.717) is 10.7 Å². The van der Waals surface area contributed by atoms with E-state index in [1.54, 1.807) is 42.1 Å². The summed E-state index contributed by atoms with van der Waals surface area (Å²) in [5.74, 6) is -0.701. The smallest absolute Gasteiger partial charge is 0.270 e. The molecule has 1 fully saturated rings. The van der Waals surface area contributed by atoms with Crippen molar-refractivity contribution in [2.24, 2.45) is 5.92 Å². The molecule has 2 aliphatic heterocycles. The maximum absolute atomic E-state index is 13.2. The van der Waals surface area contributed by atoms with Gasteiger partial charge < -0.3 is 0 Å². The predicted molar refractivity (Wildman–Crippen MR) is 125 cm³/mol. The molecule has 0 saturated carbocycles. The van der Waals surface area contributed by atoms with E-state index in [2.05, 4.69) is 35.7 Å². The summed E-state index contributed by atoms with van der Waals surface area (Å²) in [5.41, 5.74) is 3.09. The Morgan fingerprint density at radius 2 is 1.87 bits per heavy atom. The van der Waals surface area contributed by atoms with Crippen LogP contribution in [0.1, 0.15) is 16.4 Å². The number of halogens is 1. The molecule has 1 N–H and O–H groups in total. The summed E-state index contributed by atoms with van der Waals surface area (Å²) in [4.78, 5) is 27.9. The van der Waals surface area contributed by atoms with E-state index < -0.39 is 11.8 Å². The summed E-state index contributed by atoms with van der Waals surface area (Å²) >= 11 is 12.9. The molecule has 1 aliphatic carbocycles. The van der Waals surface area contributed by atoms with Crippen molar-refractivity contribution in [3.63, 3.8) is 0 Å². The Morgan fingerprint density at radius 1 is 1.10 bits per heavy atom. The van der Waals surface area contributed by atoms with Gasteiger partial charge >= 0.3 is 0 Å². The molecular formula is C23H15ClN2O2S2. The van der Waals surface area contributed by atoms with E-state index in [-0.39, 0.29) is 21.9 Å². The minimum atomic E-state index is -0.484. The zero-order chi connectivity index (χ0) is 20.8. The largest absolute Gasteiger partial charge is 0.298 e. The van der Waals surface area contributed by atoms with E-state index in [1.165, 1.54) is 16.0 Å². The Kier molecular flexibility index (Phi) is 4.85. The van der Waals surface area contributed by atoms with Gasteiger partial charge in [-0.25, -0.2) is 0 Å². The first kappa shape index (κ1) is 19.3. The maximum atomic E-state index is 13.2. The lowest BCUT2D eigenvalue weighted by molar-refractivity contribution is -0.122. The Hall–Kier alpha value is -2.67. The van der Waals surface area contributed by atoms with Gasteiger partial charge in [-0.1, -0.05) is 54.1 Å². The summed E-state index contributed by atoms with van der Waals surface area (Å²) in [6.07, 6.45) is 8.07. The van der Waals surface area contributed by atoms with Gasteiger partial charge in [0.05, 0.1) is 5.69 Å². The number of amides is 2. The van der Waals surface area contributed by atoms with Crippen molar-refractivity contribution in [1.82, 2.24) is 5.32 Å². The third-order valence-corrected chi connectivity index (χ3v) is 7.13. The SMILES string of the molecule is O=C1NC(=S)N(c2ccc(Cl)cc2)C(=O)/C1=C/C1=CC2C=Cc3ccccc3C2S1. The fraction of sp³-hybridized carbons (Fsp3) is 0.0870. The zero-order valence-electron chi connectivity index (χ0n) is 15.5. The molecule has 5 rings (SSSR count). The van der Waals surface area contributed by atoms with Gasteiger partial charge in [-0.05, 0) is 53.7 Å². The Morgan fingerprint density at radius 3 is 2.67 bits per heavy atom. The van der Waals surface area contributed by atoms with Crippen LogP contribution in [0, 0.1) is 5.92 Å². The van der Waals surface area contributed by atoms with Crippen LogP contribution in [0.3, 0.4) is 0 Å². The number of thiocarbonyl (C=S) groups is 1. The van der Waals surface area contributed by atoms with Crippen molar-refractivity contribution in [1.29, 1.82) is 0 Å². The summed E-state index contributed by atoms with van der Waals surface area (Å²) in [5, 5.41) is 3.48. The quantitative estimate of drug-likeness (QED) is 0.396. The maximum Gasteiger partial charge on any atom is 0.270 e. The van der Waals surface area contributed by atoms with E-state index >= 15 is 0 Å². The second kappa shape index (κ2) is 7.54. The van der Waals surface area contributed by atoms with E-state index in [4.69, 9.17) is 23.8 Å². The average molecular weight is 451 g/mol. The summed E-state index contributed by atoms with van der Waals surface area (Å²) in [6.45, 7) is 0. The molecule has 7 heteroatoms. The van der Waals surface area contributed by atoms with Crippen molar-refractivity contribution in [2.45, 2.75) is 5.25 Å². The lowest BCUT2D eigenvalue weighted by atomic mass is 9.89. The van der Waals surface area contributed by atoms with Gasteiger partial charge in [0, 0.05) is 21.1 Å². The minimum Gasteiger partial charge on any atom is -0.298 e. The van der Waals surface area contributed by atoms with E-state index in [0.717, 1.165) is 4.91 Å². The van der Waals surface area contributed by atoms with Crippen molar-refractivity contribution >= 4 is 64.3 Å². The molecule has 0 radical (unpaired) electrons. The molecule has 4 nitrogen and oxygen atoms in total. The number of allylic oxidation sites excluding steroid dienone is 3. The highest BCUT2D eigenvalue weighted by Gasteiger charge is 2.36. The molecule has 148 valence electrons. The average Bonchev–Trinajstić information content (AvgIpc) is 3.16. The molecule has 30 heavy (non-hydrogen) atoms. The lowest BCUT2D eigenvalue weighted by Crippen LogP contribution is -2.54. The van der Waals surface area contributed by atoms with Crippen LogP contribution >= 0.6 is 35.6 Å². The van der Waals surface area contributed by atoms with Gasteiger partial charge in [0.15, 0.2) is 5.11 Å². The highest BCUT2D eigenvalue weighted by Crippen LogP contribution is 2.51. The number of nitrogens with zero attached hydrogens (tertiary/aromatic N) is 1. The third kappa shape index (κ3) is 3.31. The van der Waals surface area contributed by atoms with Crippen molar-refractivity contribution < 1.29 is 9.59 Å². The Balaban J connectivity index is 1.46. The predicted octanol–water partition coefficient (Wildman–Crippen LogP) is 5.03. The van der Waals surface area contributed by atoms with E-state index in [9.17, 15) is 9.59 Å². The van der Waals surface area contributed by atoms with Crippen LogP contribution in [-0.2, 0) is 9.59 Å². The van der Waals surface area contributed by atoms with Crippen LogP contribution in [0.2, 0.25) is 5.02 Å². The zero-order valence-corrected chi connectivity index (χ0v) is 17.9. The van der Waals surface area contributed by atoms with Crippen molar-refractivity contribution in [3.05, 3.63) is 93.4 Å². The first-order valence-corrected chi connectivity index (χ1v) is 11.0. The van der Waals surface area contributed by atoms with Gasteiger partial charge in [-0.3, -0.25) is 19.8 Å². The first-order chi connectivity index (χ1) is 14.5. The molecule has 0 aromatic heterocycles. The van der Waals surface area contributed by atoms with Gasteiger partial charge in [-0.2, -0.15) is 0 Å². The molecule has 2 unspecified atom stereocenters.